The van der Waals surface area contributed by atoms with Crippen molar-refractivity contribution in [3.05, 3.63) is 0 Å². The molecule has 2 nitrogen and oxygen atoms in total. The molecule has 0 amide bonds. The maximum absolute atomic E-state index is 9.45. The van der Waals surface area contributed by atoms with Crippen LogP contribution in [0, 0.1) is 5.92 Å². The Bertz CT molecular complexity index is 144. The highest BCUT2D eigenvalue weighted by Gasteiger charge is 2.21. The molecular weight excluding hydrogens is 194 g/mol. The zero-order chi connectivity index (χ0) is 10.4. The predicted molar refractivity (Wildman–Crippen MR) is 63.9 cm³/mol. The molecule has 1 unspecified atom stereocenters. The molecule has 0 aromatic heterocycles. The summed E-state index contributed by atoms with van der Waals surface area (Å²) in [6.07, 6.45) is 4.70. The van der Waals surface area contributed by atoms with Gasteiger partial charge in [-0.15, -0.1) is 0 Å². The van der Waals surface area contributed by atoms with Gasteiger partial charge in [0.1, 0.15) is 0 Å². The highest BCUT2D eigenvalue weighted by molar-refractivity contribution is 7.80. The van der Waals surface area contributed by atoms with Gasteiger partial charge in [0, 0.05) is 0 Å². The first-order valence-corrected chi connectivity index (χ1v) is 6.38. The van der Waals surface area contributed by atoms with Crippen molar-refractivity contribution in [2.24, 2.45) is 5.92 Å². The van der Waals surface area contributed by atoms with Crippen molar-refractivity contribution >= 4 is 12.6 Å². The van der Waals surface area contributed by atoms with E-state index in [0.717, 1.165) is 5.75 Å². The van der Waals surface area contributed by atoms with Gasteiger partial charge in [-0.25, -0.2) is 0 Å². The zero-order valence-electron chi connectivity index (χ0n) is 9.15. The van der Waals surface area contributed by atoms with Crippen molar-refractivity contribution in [2.75, 3.05) is 25.4 Å². The molecule has 0 aliphatic carbocycles. The number of likely N-dealkylation sites (tertiary alicyclic amines) is 1. The van der Waals surface area contributed by atoms with E-state index < -0.39 is 0 Å². The zero-order valence-corrected chi connectivity index (χ0v) is 10.0. The monoisotopic (exact) mass is 217 g/mol. The minimum absolute atomic E-state index is 0.116. The number of unbranched alkanes of at least 4 members (excludes halogenated alkanes) is 1. The summed E-state index contributed by atoms with van der Waals surface area (Å²) in [5.41, 5.74) is 0. The number of piperidine rings is 1. The number of rotatable bonds is 5. The Morgan fingerprint density at radius 1 is 1.36 bits per heavy atom. The number of aliphatic hydroxyl groups excluding tert-OH is 1. The molecule has 0 aromatic rings. The topological polar surface area (TPSA) is 23.5 Å². The Balaban J connectivity index is 2.09. The fraction of sp³-hybridized carbons (Fsp3) is 1.00. The fourth-order valence-electron chi connectivity index (χ4n) is 2.11. The van der Waals surface area contributed by atoms with E-state index in [1.807, 2.05) is 6.92 Å². The molecule has 0 spiro atoms. The van der Waals surface area contributed by atoms with Gasteiger partial charge in [-0.3, -0.25) is 0 Å². The second-order valence-electron chi connectivity index (χ2n) is 4.35. The summed E-state index contributed by atoms with van der Waals surface area (Å²) < 4.78 is 0. The number of hydrogen-bond acceptors (Lipinski definition) is 3. The average Bonchev–Trinajstić information content (AvgIpc) is 2.19. The molecule has 1 N–H and O–H groups in total. The van der Waals surface area contributed by atoms with E-state index in [4.69, 9.17) is 0 Å². The molecule has 0 bridgehead atoms. The van der Waals surface area contributed by atoms with Crippen LogP contribution < -0.4 is 0 Å². The third-order valence-corrected chi connectivity index (χ3v) is 3.51. The summed E-state index contributed by atoms with van der Waals surface area (Å²) in [5, 5.41) is 9.45. The van der Waals surface area contributed by atoms with Crippen LogP contribution in [0.15, 0.2) is 0 Å². The first kappa shape index (κ1) is 12.3. The molecule has 1 aliphatic rings. The lowest BCUT2D eigenvalue weighted by Crippen LogP contribution is -2.37. The summed E-state index contributed by atoms with van der Waals surface area (Å²) in [7, 11) is 0. The van der Waals surface area contributed by atoms with E-state index in [9.17, 15) is 5.11 Å². The SMILES string of the molecule is CC(O)C1CCN(CCCCS)CC1. The first-order valence-electron chi connectivity index (χ1n) is 5.75. The summed E-state index contributed by atoms with van der Waals surface area (Å²) in [6.45, 7) is 5.47. The van der Waals surface area contributed by atoms with Crippen molar-refractivity contribution in [1.29, 1.82) is 0 Å². The van der Waals surface area contributed by atoms with Crippen molar-refractivity contribution in [2.45, 2.75) is 38.7 Å². The third-order valence-electron chi connectivity index (χ3n) is 3.20. The number of thiol groups is 1. The summed E-state index contributed by atoms with van der Waals surface area (Å²) in [5.74, 6) is 1.54. The third kappa shape index (κ3) is 4.20. The molecule has 0 radical (unpaired) electrons. The molecule has 0 aromatic carbocycles. The minimum Gasteiger partial charge on any atom is -0.393 e. The van der Waals surface area contributed by atoms with E-state index in [2.05, 4.69) is 17.5 Å². The molecular formula is C11H23NOS. The molecule has 1 rings (SSSR count). The minimum atomic E-state index is -0.116. The highest BCUT2D eigenvalue weighted by Crippen LogP contribution is 2.20. The van der Waals surface area contributed by atoms with Crippen molar-refractivity contribution in [3.63, 3.8) is 0 Å². The Hall–Kier alpha value is 0.270. The first-order chi connectivity index (χ1) is 6.74. The van der Waals surface area contributed by atoms with Crippen molar-refractivity contribution in [1.82, 2.24) is 4.90 Å². The number of aliphatic hydroxyl groups is 1. The van der Waals surface area contributed by atoms with Crippen LogP contribution >= 0.6 is 12.6 Å². The van der Waals surface area contributed by atoms with Crippen LogP contribution in [0.4, 0.5) is 0 Å². The van der Waals surface area contributed by atoms with Gasteiger partial charge in [-0.1, -0.05) is 0 Å². The van der Waals surface area contributed by atoms with Gasteiger partial charge in [0.05, 0.1) is 6.10 Å². The average molecular weight is 217 g/mol. The van der Waals surface area contributed by atoms with Crippen LogP contribution in [0.5, 0.6) is 0 Å². The van der Waals surface area contributed by atoms with Crippen LogP contribution in [0.1, 0.15) is 32.6 Å². The molecule has 1 atom stereocenters. The maximum atomic E-state index is 9.45. The van der Waals surface area contributed by atoms with Gasteiger partial charge >= 0.3 is 0 Å². The lowest BCUT2D eigenvalue weighted by Gasteiger charge is -2.33. The second-order valence-corrected chi connectivity index (χ2v) is 4.80. The lowest BCUT2D eigenvalue weighted by atomic mass is 9.92. The highest BCUT2D eigenvalue weighted by atomic mass is 32.1. The normalized spacial score (nSPS) is 22.5. The molecule has 14 heavy (non-hydrogen) atoms. The fourth-order valence-corrected chi connectivity index (χ4v) is 2.33. The smallest absolute Gasteiger partial charge is 0.0541 e. The van der Waals surface area contributed by atoms with Crippen LogP contribution in [0.25, 0.3) is 0 Å². The number of nitrogens with zero attached hydrogens (tertiary/aromatic N) is 1. The Morgan fingerprint density at radius 2 is 2.00 bits per heavy atom. The van der Waals surface area contributed by atoms with Gasteiger partial charge in [-0.05, 0) is 63.9 Å². The molecule has 1 saturated heterocycles. The molecule has 1 fully saturated rings. The molecule has 0 saturated carbocycles. The Kier molecular flexibility index (Phi) is 5.90. The number of hydrogen-bond donors (Lipinski definition) is 2. The van der Waals surface area contributed by atoms with Gasteiger partial charge in [0.2, 0.25) is 0 Å². The largest absolute Gasteiger partial charge is 0.393 e. The lowest BCUT2D eigenvalue weighted by molar-refractivity contribution is 0.0715. The van der Waals surface area contributed by atoms with Gasteiger partial charge in [0.25, 0.3) is 0 Å². The summed E-state index contributed by atoms with van der Waals surface area (Å²) in [6, 6.07) is 0. The molecule has 1 aliphatic heterocycles. The van der Waals surface area contributed by atoms with Crippen molar-refractivity contribution in [3.8, 4) is 0 Å². The van der Waals surface area contributed by atoms with Crippen LogP contribution in [0.2, 0.25) is 0 Å². The molecule has 3 heteroatoms. The van der Waals surface area contributed by atoms with Gasteiger partial charge in [0.15, 0.2) is 0 Å². The summed E-state index contributed by atoms with van der Waals surface area (Å²) in [4.78, 5) is 2.52. The van der Waals surface area contributed by atoms with E-state index in [1.165, 1.54) is 45.3 Å². The van der Waals surface area contributed by atoms with E-state index in [-0.39, 0.29) is 6.10 Å². The van der Waals surface area contributed by atoms with E-state index in [1.54, 1.807) is 0 Å². The van der Waals surface area contributed by atoms with Crippen molar-refractivity contribution < 1.29 is 5.11 Å². The summed E-state index contributed by atoms with van der Waals surface area (Å²) >= 11 is 4.21. The quantitative estimate of drug-likeness (QED) is 0.542. The Morgan fingerprint density at radius 3 is 2.50 bits per heavy atom. The second kappa shape index (κ2) is 6.70. The molecule has 1 heterocycles. The molecule has 84 valence electrons. The standard InChI is InChI=1S/C11H23NOS/c1-10(13)11-4-7-12(8-5-11)6-2-3-9-14/h10-11,13-14H,2-9H2,1H3. The Labute approximate surface area is 93.1 Å². The van der Waals surface area contributed by atoms with Crippen LogP contribution in [-0.4, -0.2) is 41.5 Å². The van der Waals surface area contributed by atoms with E-state index >= 15 is 0 Å². The maximum Gasteiger partial charge on any atom is 0.0541 e. The van der Waals surface area contributed by atoms with Crippen LogP contribution in [0.3, 0.4) is 0 Å². The van der Waals surface area contributed by atoms with Gasteiger partial charge in [-0.2, -0.15) is 12.6 Å². The van der Waals surface area contributed by atoms with Crippen LogP contribution in [-0.2, 0) is 0 Å². The predicted octanol–water partition coefficient (Wildman–Crippen LogP) is 1.79. The van der Waals surface area contributed by atoms with Gasteiger partial charge < -0.3 is 10.0 Å². The van der Waals surface area contributed by atoms with E-state index in [0.29, 0.717) is 5.92 Å².